The Labute approximate surface area is 141 Å². The van der Waals surface area contributed by atoms with E-state index in [1.165, 1.54) is 6.26 Å². The van der Waals surface area contributed by atoms with Crippen molar-refractivity contribution < 1.29 is 8.42 Å². The zero-order chi connectivity index (χ0) is 17.3. The fourth-order valence-electron chi connectivity index (χ4n) is 2.84. The third-order valence-electron chi connectivity index (χ3n) is 4.13. The first kappa shape index (κ1) is 16.2. The Balaban J connectivity index is 1.85. The molecule has 0 saturated carbocycles. The molecule has 6 heteroatoms. The molecule has 1 atom stereocenters. The van der Waals surface area contributed by atoms with Crippen molar-refractivity contribution >= 4 is 15.5 Å². The summed E-state index contributed by atoms with van der Waals surface area (Å²) in [5.74, 6) is 0. The van der Waals surface area contributed by atoms with Crippen molar-refractivity contribution in [3.8, 4) is 6.07 Å². The van der Waals surface area contributed by atoms with E-state index < -0.39 is 9.84 Å². The SMILES string of the molecule is CN1N=C(c2ccc(S(C)(=O)=O)cc2)CC1c1cccc(C#N)c1. The minimum atomic E-state index is -3.20. The van der Waals surface area contributed by atoms with Gasteiger partial charge >= 0.3 is 0 Å². The molecule has 0 amide bonds. The first-order valence-electron chi connectivity index (χ1n) is 7.49. The lowest BCUT2D eigenvalue weighted by Crippen LogP contribution is -2.14. The molecule has 1 heterocycles. The number of nitrogens with zero attached hydrogens (tertiary/aromatic N) is 3. The van der Waals surface area contributed by atoms with Gasteiger partial charge in [-0.25, -0.2) is 8.42 Å². The summed E-state index contributed by atoms with van der Waals surface area (Å²) in [4.78, 5) is 0.302. The van der Waals surface area contributed by atoms with Gasteiger partial charge in [-0.15, -0.1) is 0 Å². The Hall–Kier alpha value is -2.65. The predicted octanol–water partition coefficient (Wildman–Crippen LogP) is 2.74. The van der Waals surface area contributed by atoms with E-state index in [2.05, 4.69) is 11.2 Å². The molecule has 0 aromatic heterocycles. The number of hydrogen-bond donors (Lipinski definition) is 0. The van der Waals surface area contributed by atoms with Gasteiger partial charge < -0.3 is 0 Å². The lowest BCUT2D eigenvalue weighted by atomic mass is 9.97. The largest absolute Gasteiger partial charge is 0.292 e. The van der Waals surface area contributed by atoms with Crippen molar-refractivity contribution in [2.45, 2.75) is 17.4 Å². The van der Waals surface area contributed by atoms with Gasteiger partial charge in [0, 0.05) is 19.7 Å². The molecule has 3 rings (SSSR count). The van der Waals surface area contributed by atoms with Crippen molar-refractivity contribution in [2.75, 3.05) is 13.3 Å². The molecule has 1 aliphatic rings. The molecular weight excluding hydrogens is 322 g/mol. The summed E-state index contributed by atoms with van der Waals surface area (Å²) < 4.78 is 23.1. The Morgan fingerprint density at radius 2 is 1.92 bits per heavy atom. The zero-order valence-electron chi connectivity index (χ0n) is 13.5. The van der Waals surface area contributed by atoms with Crippen LogP contribution in [0, 0.1) is 11.3 Å². The van der Waals surface area contributed by atoms with E-state index in [0.29, 0.717) is 16.9 Å². The molecule has 0 saturated heterocycles. The third-order valence-corrected chi connectivity index (χ3v) is 5.26. The van der Waals surface area contributed by atoms with Crippen molar-refractivity contribution in [3.63, 3.8) is 0 Å². The number of nitriles is 1. The summed E-state index contributed by atoms with van der Waals surface area (Å²) in [5, 5.41) is 15.5. The van der Waals surface area contributed by atoms with E-state index in [-0.39, 0.29) is 6.04 Å². The summed E-state index contributed by atoms with van der Waals surface area (Å²) in [5.41, 5.74) is 3.49. The molecular formula is C18H17N3O2S. The standard InChI is InChI=1S/C18H17N3O2S/c1-21-18(15-5-3-4-13(10-15)12-19)11-17(20-21)14-6-8-16(9-7-14)24(2,22)23/h3-10,18H,11H2,1-2H3. The smallest absolute Gasteiger partial charge is 0.175 e. The molecule has 0 aliphatic carbocycles. The van der Waals surface area contributed by atoms with Gasteiger partial charge in [-0.05, 0) is 35.4 Å². The van der Waals surface area contributed by atoms with Crippen LogP contribution >= 0.6 is 0 Å². The molecule has 0 N–H and O–H groups in total. The van der Waals surface area contributed by atoms with Crippen molar-refractivity contribution in [2.24, 2.45) is 5.10 Å². The zero-order valence-corrected chi connectivity index (χ0v) is 14.3. The van der Waals surface area contributed by atoms with E-state index in [4.69, 9.17) is 5.26 Å². The molecule has 122 valence electrons. The Morgan fingerprint density at radius 3 is 2.54 bits per heavy atom. The third kappa shape index (κ3) is 3.17. The van der Waals surface area contributed by atoms with E-state index >= 15 is 0 Å². The first-order chi connectivity index (χ1) is 11.4. The van der Waals surface area contributed by atoms with Gasteiger partial charge in [-0.1, -0.05) is 24.3 Å². The second-order valence-corrected chi connectivity index (χ2v) is 7.89. The van der Waals surface area contributed by atoms with Gasteiger partial charge in [0.2, 0.25) is 0 Å². The van der Waals surface area contributed by atoms with Gasteiger partial charge in [-0.2, -0.15) is 10.4 Å². The second-order valence-electron chi connectivity index (χ2n) is 5.87. The van der Waals surface area contributed by atoms with E-state index in [1.54, 1.807) is 30.3 Å². The average molecular weight is 339 g/mol. The topological polar surface area (TPSA) is 73.5 Å². The molecule has 0 spiro atoms. The molecule has 2 aromatic carbocycles. The molecule has 24 heavy (non-hydrogen) atoms. The van der Waals surface area contributed by atoms with E-state index in [9.17, 15) is 8.42 Å². The number of hydrazone groups is 1. The van der Waals surface area contributed by atoms with Gasteiger partial charge in [0.05, 0.1) is 28.3 Å². The van der Waals surface area contributed by atoms with Gasteiger partial charge in [0.25, 0.3) is 0 Å². The molecule has 0 fully saturated rings. The van der Waals surface area contributed by atoms with Crippen molar-refractivity contribution in [1.29, 1.82) is 5.26 Å². The minimum Gasteiger partial charge on any atom is -0.292 e. The highest BCUT2D eigenvalue weighted by molar-refractivity contribution is 7.90. The van der Waals surface area contributed by atoms with Crippen molar-refractivity contribution in [1.82, 2.24) is 5.01 Å². The normalized spacial score (nSPS) is 17.5. The molecule has 1 unspecified atom stereocenters. The Kier molecular flexibility index (Phi) is 4.12. The maximum atomic E-state index is 11.6. The highest BCUT2D eigenvalue weighted by Crippen LogP contribution is 2.31. The lowest BCUT2D eigenvalue weighted by Gasteiger charge is -2.19. The van der Waals surface area contributed by atoms with E-state index in [1.807, 2.05) is 30.3 Å². The van der Waals surface area contributed by atoms with Gasteiger partial charge in [-0.3, -0.25) is 5.01 Å². The van der Waals surface area contributed by atoms with E-state index in [0.717, 1.165) is 16.8 Å². The summed E-state index contributed by atoms with van der Waals surface area (Å²) in [6, 6.07) is 16.6. The monoisotopic (exact) mass is 339 g/mol. The number of rotatable bonds is 3. The average Bonchev–Trinajstić information content (AvgIpc) is 2.96. The van der Waals surface area contributed by atoms with Crippen LogP contribution in [0.2, 0.25) is 0 Å². The quantitative estimate of drug-likeness (QED) is 0.862. The number of hydrogen-bond acceptors (Lipinski definition) is 5. The summed E-state index contributed by atoms with van der Waals surface area (Å²) >= 11 is 0. The first-order valence-corrected chi connectivity index (χ1v) is 9.38. The van der Waals surface area contributed by atoms with Crippen LogP contribution in [0.3, 0.4) is 0 Å². The maximum absolute atomic E-state index is 11.6. The van der Waals surface area contributed by atoms with Crippen molar-refractivity contribution in [3.05, 3.63) is 65.2 Å². The van der Waals surface area contributed by atoms with Crippen LogP contribution < -0.4 is 0 Å². The Morgan fingerprint density at radius 1 is 1.21 bits per heavy atom. The number of benzene rings is 2. The van der Waals surface area contributed by atoms with Crippen LogP contribution in [0.5, 0.6) is 0 Å². The maximum Gasteiger partial charge on any atom is 0.175 e. The molecule has 5 nitrogen and oxygen atoms in total. The fraction of sp³-hybridized carbons (Fsp3) is 0.222. The number of sulfone groups is 1. The summed E-state index contributed by atoms with van der Waals surface area (Å²) in [7, 11) is -1.29. The van der Waals surface area contributed by atoms with Gasteiger partial charge in [0.15, 0.2) is 9.84 Å². The van der Waals surface area contributed by atoms with Gasteiger partial charge in [0.1, 0.15) is 0 Å². The van der Waals surface area contributed by atoms with Crippen LogP contribution in [0.25, 0.3) is 0 Å². The molecule has 1 aliphatic heterocycles. The second kappa shape index (κ2) is 6.10. The lowest BCUT2D eigenvalue weighted by molar-refractivity contribution is 0.290. The minimum absolute atomic E-state index is 0.0721. The molecule has 0 bridgehead atoms. The summed E-state index contributed by atoms with van der Waals surface area (Å²) in [6.45, 7) is 0. The predicted molar refractivity (Wildman–Crippen MR) is 92.4 cm³/mol. The van der Waals surface area contributed by atoms with Crippen LogP contribution in [0.4, 0.5) is 0 Å². The highest BCUT2D eigenvalue weighted by Gasteiger charge is 2.26. The van der Waals surface area contributed by atoms with Crippen LogP contribution in [0.1, 0.15) is 29.2 Å². The van der Waals surface area contributed by atoms with Crippen LogP contribution in [-0.2, 0) is 9.84 Å². The van der Waals surface area contributed by atoms with Crippen LogP contribution in [-0.4, -0.2) is 32.4 Å². The fourth-order valence-corrected chi connectivity index (χ4v) is 3.47. The molecule has 2 aromatic rings. The Bertz CT molecular complexity index is 941. The summed E-state index contributed by atoms with van der Waals surface area (Å²) in [6.07, 6.45) is 1.91. The van der Waals surface area contributed by atoms with Crippen LogP contribution in [0.15, 0.2) is 58.5 Å². The molecule has 0 radical (unpaired) electrons. The highest BCUT2D eigenvalue weighted by atomic mass is 32.2.